The van der Waals surface area contributed by atoms with Crippen molar-refractivity contribution in [2.75, 3.05) is 0 Å². The Balaban J connectivity index is 0.000000632. The smallest absolute Gasteiger partial charge is 0.303 e. The molecule has 0 aliphatic heterocycles. The molecule has 2 aromatic rings. The van der Waals surface area contributed by atoms with Crippen LogP contribution < -0.4 is 0 Å². The van der Waals surface area contributed by atoms with Gasteiger partial charge >= 0.3 is 11.9 Å². The lowest BCUT2D eigenvalue weighted by Gasteiger charge is -2.22. The molecule has 39 heavy (non-hydrogen) atoms. The summed E-state index contributed by atoms with van der Waals surface area (Å²) in [7, 11) is 0. The quantitative estimate of drug-likeness (QED) is 0.259. The predicted molar refractivity (Wildman–Crippen MR) is 163 cm³/mol. The van der Waals surface area contributed by atoms with Crippen molar-refractivity contribution in [3.63, 3.8) is 0 Å². The normalized spacial score (nSPS) is 10.9. The number of phenols is 2. The fourth-order valence-electron chi connectivity index (χ4n) is 3.71. The first-order chi connectivity index (χ1) is 17.8. The van der Waals surface area contributed by atoms with E-state index in [1.807, 2.05) is 79.7 Å². The second kappa shape index (κ2) is 16.0. The average molecular weight is 559 g/mol. The Bertz CT molecular complexity index is 1050. The van der Waals surface area contributed by atoms with E-state index >= 15 is 0 Å². The van der Waals surface area contributed by atoms with Crippen molar-refractivity contribution in [2.24, 2.45) is 0 Å². The lowest BCUT2D eigenvalue weighted by atomic mass is 9.83. The van der Waals surface area contributed by atoms with E-state index in [-0.39, 0.29) is 23.7 Å². The van der Waals surface area contributed by atoms with Gasteiger partial charge in [0.2, 0.25) is 0 Å². The molecule has 0 amide bonds. The first-order valence-corrected chi connectivity index (χ1v) is 13.8. The Labute approximate surface area is 238 Å². The van der Waals surface area contributed by atoms with Gasteiger partial charge in [-0.05, 0) is 81.7 Å². The van der Waals surface area contributed by atoms with Crippen LogP contribution in [0.1, 0.15) is 87.8 Å². The van der Waals surface area contributed by atoms with E-state index in [4.69, 9.17) is 10.2 Å². The number of hydrogen-bond donors (Lipinski definition) is 4. The van der Waals surface area contributed by atoms with Crippen LogP contribution in [-0.2, 0) is 33.3 Å². The second-order valence-electron chi connectivity index (χ2n) is 11.4. The van der Waals surface area contributed by atoms with E-state index in [1.54, 1.807) is 10.8 Å². The molecule has 0 spiro atoms. The van der Waals surface area contributed by atoms with Crippen molar-refractivity contribution in [1.29, 1.82) is 0 Å². The number of hydrogen-bond acceptors (Lipinski definition) is 5. The summed E-state index contributed by atoms with van der Waals surface area (Å²) < 4.78 is 0. The van der Waals surface area contributed by atoms with E-state index in [2.05, 4.69) is 13.2 Å². The zero-order valence-corrected chi connectivity index (χ0v) is 25.5. The van der Waals surface area contributed by atoms with Gasteiger partial charge in [-0.3, -0.25) is 9.59 Å². The van der Waals surface area contributed by atoms with Crippen LogP contribution in [0, 0.1) is 13.8 Å². The summed E-state index contributed by atoms with van der Waals surface area (Å²) in [4.78, 5) is 21.1. The van der Waals surface area contributed by atoms with E-state index in [0.717, 1.165) is 33.4 Å². The standard InChI is InChI=1S/2C14H20O3.C4H6S/c2*1-9-7-10(5-6-12(15)16)8-11(13(9)17)14(2,3)4;1-3-5-4-2/h2*7-8,17H,5-6H2,1-4H3,(H,15,16);3-4H,1-2H2. The van der Waals surface area contributed by atoms with E-state index in [9.17, 15) is 19.8 Å². The largest absolute Gasteiger partial charge is 0.507 e. The molecule has 0 heterocycles. The number of thioether (sulfide) groups is 1. The molecule has 6 nitrogen and oxygen atoms in total. The highest BCUT2D eigenvalue weighted by Crippen LogP contribution is 2.35. The van der Waals surface area contributed by atoms with Crippen LogP contribution in [-0.4, -0.2) is 32.4 Å². The molecule has 7 heteroatoms. The molecular weight excluding hydrogens is 512 g/mol. The summed E-state index contributed by atoms with van der Waals surface area (Å²) in [5.41, 5.74) is 4.99. The lowest BCUT2D eigenvalue weighted by Crippen LogP contribution is -2.12. The molecule has 2 rings (SSSR count). The summed E-state index contributed by atoms with van der Waals surface area (Å²) in [6.07, 6.45) is 1.24. The zero-order chi connectivity index (χ0) is 30.6. The topological polar surface area (TPSA) is 115 Å². The van der Waals surface area contributed by atoms with Crippen molar-refractivity contribution in [2.45, 2.75) is 91.9 Å². The summed E-state index contributed by atoms with van der Waals surface area (Å²) >= 11 is 1.49. The number of carboxylic acids is 2. The molecule has 0 fully saturated rings. The van der Waals surface area contributed by atoms with Gasteiger partial charge in [0.1, 0.15) is 11.5 Å². The van der Waals surface area contributed by atoms with Crippen molar-refractivity contribution in [1.82, 2.24) is 0 Å². The minimum atomic E-state index is -0.798. The second-order valence-corrected chi connectivity index (χ2v) is 12.3. The summed E-state index contributed by atoms with van der Waals surface area (Å²) in [5, 5.41) is 40.9. The number of carbonyl (C=O) groups is 2. The Morgan fingerprint density at radius 1 is 0.718 bits per heavy atom. The van der Waals surface area contributed by atoms with E-state index in [1.165, 1.54) is 11.8 Å². The maximum absolute atomic E-state index is 10.6. The maximum atomic E-state index is 10.6. The Morgan fingerprint density at radius 2 is 1.03 bits per heavy atom. The van der Waals surface area contributed by atoms with Crippen LogP contribution in [0.4, 0.5) is 0 Å². The molecule has 0 radical (unpaired) electrons. The monoisotopic (exact) mass is 558 g/mol. The van der Waals surface area contributed by atoms with Gasteiger partial charge in [0, 0.05) is 12.8 Å². The maximum Gasteiger partial charge on any atom is 0.303 e. The van der Waals surface area contributed by atoms with Crippen LogP contribution in [0.3, 0.4) is 0 Å². The molecule has 4 N–H and O–H groups in total. The van der Waals surface area contributed by atoms with Crippen LogP contribution in [0.2, 0.25) is 0 Å². The van der Waals surface area contributed by atoms with Crippen molar-refractivity contribution in [3.05, 3.63) is 81.6 Å². The molecule has 0 saturated carbocycles. The summed E-state index contributed by atoms with van der Waals surface area (Å²) in [5.74, 6) is -0.964. The number of benzene rings is 2. The number of aryl methyl sites for hydroxylation is 4. The minimum Gasteiger partial charge on any atom is -0.507 e. The number of rotatable bonds is 8. The minimum absolute atomic E-state index is 0.119. The number of carboxylic acid groups (broad SMARTS) is 2. The highest BCUT2D eigenvalue weighted by molar-refractivity contribution is 8.04. The SMILES string of the molecule is C=CSC=C.Cc1cc(CCC(=O)O)cc(C(C)(C)C)c1O.Cc1cc(CCC(=O)O)cc(C(C)(C)C)c1O. The van der Waals surface area contributed by atoms with Gasteiger partial charge in [0.25, 0.3) is 0 Å². The number of aromatic hydroxyl groups is 2. The summed E-state index contributed by atoms with van der Waals surface area (Å²) in [6, 6.07) is 7.53. The third-order valence-corrected chi connectivity index (χ3v) is 6.17. The van der Waals surface area contributed by atoms with Gasteiger partial charge in [-0.2, -0.15) is 0 Å². The fourth-order valence-corrected chi connectivity index (χ4v) is 3.85. The highest BCUT2D eigenvalue weighted by Gasteiger charge is 2.21. The third kappa shape index (κ3) is 13.4. The number of phenolic OH excluding ortho intramolecular Hbond substituents is 2. The molecule has 0 saturated heterocycles. The Kier molecular flexibility index (Phi) is 14.7. The van der Waals surface area contributed by atoms with Crippen molar-refractivity contribution >= 4 is 23.7 Å². The molecular formula is C32H46O6S. The van der Waals surface area contributed by atoms with Crippen molar-refractivity contribution < 1.29 is 30.0 Å². The Hall–Kier alpha value is -3.19. The fraction of sp³-hybridized carbons (Fsp3) is 0.438. The van der Waals surface area contributed by atoms with E-state index in [0.29, 0.717) is 24.3 Å². The van der Waals surface area contributed by atoms with Gasteiger partial charge in [-0.25, -0.2) is 0 Å². The number of aliphatic carboxylic acids is 2. The van der Waals surface area contributed by atoms with Crippen LogP contribution in [0.15, 0.2) is 48.2 Å². The Morgan fingerprint density at radius 3 is 1.23 bits per heavy atom. The van der Waals surface area contributed by atoms with Gasteiger partial charge < -0.3 is 20.4 Å². The molecule has 2 aromatic carbocycles. The molecule has 0 aliphatic carbocycles. The first kappa shape index (κ1) is 35.8. The zero-order valence-electron chi connectivity index (χ0n) is 24.7. The van der Waals surface area contributed by atoms with Crippen LogP contribution >= 0.6 is 11.8 Å². The van der Waals surface area contributed by atoms with Gasteiger partial charge in [0.15, 0.2) is 0 Å². The predicted octanol–water partition coefficient (Wildman–Crippen LogP) is 8.04. The molecule has 0 unspecified atom stereocenters. The van der Waals surface area contributed by atoms with Gasteiger partial charge in [-0.15, -0.1) is 11.8 Å². The third-order valence-electron chi connectivity index (χ3n) is 5.78. The molecule has 0 bridgehead atoms. The molecule has 0 aromatic heterocycles. The van der Waals surface area contributed by atoms with Crippen molar-refractivity contribution in [3.8, 4) is 11.5 Å². The molecule has 0 aliphatic rings. The van der Waals surface area contributed by atoms with Gasteiger partial charge in [-0.1, -0.05) is 79.0 Å². The molecule has 0 atom stereocenters. The first-order valence-electron chi connectivity index (χ1n) is 12.8. The van der Waals surface area contributed by atoms with E-state index < -0.39 is 11.9 Å². The summed E-state index contributed by atoms with van der Waals surface area (Å²) in [6.45, 7) is 22.7. The lowest BCUT2D eigenvalue weighted by molar-refractivity contribution is -0.138. The molecule has 216 valence electrons. The van der Waals surface area contributed by atoms with Crippen LogP contribution in [0.5, 0.6) is 11.5 Å². The average Bonchev–Trinajstić information content (AvgIpc) is 2.80. The van der Waals surface area contributed by atoms with Gasteiger partial charge in [0.05, 0.1) is 0 Å². The van der Waals surface area contributed by atoms with Crippen LogP contribution in [0.25, 0.3) is 0 Å². The highest BCUT2D eigenvalue weighted by atomic mass is 32.2.